The molecular formula is C23H27N5O4. The molecule has 0 N–H and O–H groups in total. The molecule has 9 heteroatoms. The number of nitrogens with zero attached hydrogens (tertiary/aromatic N) is 5. The Morgan fingerprint density at radius 3 is 2.75 bits per heavy atom. The Morgan fingerprint density at radius 1 is 1.25 bits per heavy atom. The van der Waals surface area contributed by atoms with E-state index in [9.17, 15) is 4.79 Å². The SMILES string of the molecule is COc1cccc(-c2cnc(N(C)C)nc2[C@@H]2CN(C(=O)c3oc(C)nc3C)CCO2)c1. The number of methoxy groups -OCH3 is 1. The lowest BCUT2D eigenvalue weighted by Gasteiger charge is -2.33. The molecule has 0 unspecified atom stereocenters. The minimum atomic E-state index is -0.417. The molecule has 0 aliphatic carbocycles. The molecule has 0 radical (unpaired) electrons. The summed E-state index contributed by atoms with van der Waals surface area (Å²) < 4.78 is 17.0. The van der Waals surface area contributed by atoms with E-state index in [0.29, 0.717) is 37.2 Å². The first kappa shape index (κ1) is 21.8. The van der Waals surface area contributed by atoms with Crippen molar-refractivity contribution in [3.63, 3.8) is 0 Å². The Bertz CT molecular complexity index is 1130. The number of anilines is 1. The molecule has 2 aromatic heterocycles. The highest BCUT2D eigenvalue weighted by Gasteiger charge is 2.32. The van der Waals surface area contributed by atoms with Gasteiger partial charge in [0.1, 0.15) is 11.9 Å². The highest BCUT2D eigenvalue weighted by atomic mass is 16.5. The van der Waals surface area contributed by atoms with Gasteiger partial charge in [-0.2, -0.15) is 0 Å². The zero-order chi connectivity index (χ0) is 22.8. The van der Waals surface area contributed by atoms with Crippen molar-refractivity contribution in [3.05, 3.63) is 53.5 Å². The first-order valence-electron chi connectivity index (χ1n) is 10.4. The van der Waals surface area contributed by atoms with Gasteiger partial charge in [0, 0.05) is 39.3 Å². The number of amides is 1. The molecule has 1 aromatic carbocycles. The van der Waals surface area contributed by atoms with E-state index < -0.39 is 6.10 Å². The van der Waals surface area contributed by atoms with Crippen LogP contribution in [0.5, 0.6) is 5.75 Å². The summed E-state index contributed by atoms with van der Waals surface area (Å²) in [4.78, 5) is 30.2. The summed E-state index contributed by atoms with van der Waals surface area (Å²) in [5.41, 5.74) is 3.06. The molecule has 168 valence electrons. The molecule has 1 atom stereocenters. The van der Waals surface area contributed by atoms with Crippen LogP contribution >= 0.6 is 0 Å². The molecule has 1 aliphatic rings. The van der Waals surface area contributed by atoms with Crippen LogP contribution in [0.25, 0.3) is 11.1 Å². The second kappa shape index (κ2) is 8.96. The highest BCUT2D eigenvalue weighted by Crippen LogP contribution is 2.33. The summed E-state index contributed by atoms with van der Waals surface area (Å²) in [6.07, 6.45) is 1.38. The molecule has 0 bridgehead atoms. The van der Waals surface area contributed by atoms with E-state index in [4.69, 9.17) is 18.9 Å². The zero-order valence-electron chi connectivity index (χ0n) is 19.0. The first-order chi connectivity index (χ1) is 15.4. The van der Waals surface area contributed by atoms with E-state index in [2.05, 4.69) is 9.97 Å². The fourth-order valence-corrected chi connectivity index (χ4v) is 3.73. The van der Waals surface area contributed by atoms with Gasteiger partial charge in [0.25, 0.3) is 5.91 Å². The predicted molar refractivity (Wildman–Crippen MR) is 119 cm³/mol. The van der Waals surface area contributed by atoms with Gasteiger partial charge in [-0.1, -0.05) is 12.1 Å². The third-order valence-corrected chi connectivity index (χ3v) is 5.34. The highest BCUT2D eigenvalue weighted by molar-refractivity contribution is 5.92. The number of hydrogen-bond donors (Lipinski definition) is 0. The molecule has 1 aliphatic heterocycles. The maximum absolute atomic E-state index is 13.1. The van der Waals surface area contributed by atoms with Crippen LogP contribution in [0.2, 0.25) is 0 Å². The molecule has 0 saturated carbocycles. The van der Waals surface area contributed by atoms with Gasteiger partial charge >= 0.3 is 0 Å². The second-order valence-corrected chi connectivity index (χ2v) is 7.85. The van der Waals surface area contributed by atoms with Gasteiger partial charge in [-0.3, -0.25) is 4.79 Å². The fourth-order valence-electron chi connectivity index (χ4n) is 3.73. The zero-order valence-corrected chi connectivity index (χ0v) is 19.0. The summed E-state index contributed by atoms with van der Waals surface area (Å²) >= 11 is 0. The van der Waals surface area contributed by atoms with Crippen LogP contribution in [-0.2, 0) is 4.74 Å². The Hall–Kier alpha value is -3.46. The largest absolute Gasteiger partial charge is 0.497 e. The number of hydrogen-bond acceptors (Lipinski definition) is 8. The van der Waals surface area contributed by atoms with E-state index in [1.54, 1.807) is 32.1 Å². The molecule has 3 heterocycles. The van der Waals surface area contributed by atoms with Crippen LogP contribution in [0.3, 0.4) is 0 Å². The van der Waals surface area contributed by atoms with Gasteiger partial charge < -0.3 is 23.7 Å². The number of ether oxygens (including phenoxy) is 2. The van der Waals surface area contributed by atoms with Gasteiger partial charge in [-0.25, -0.2) is 15.0 Å². The van der Waals surface area contributed by atoms with Crippen molar-refractivity contribution in [2.75, 3.05) is 45.8 Å². The number of carbonyl (C=O) groups is 1. The number of aryl methyl sites for hydroxylation is 2. The lowest BCUT2D eigenvalue weighted by molar-refractivity contribution is -0.0254. The van der Waals surface area contributed by atoms with Crippen LogP contribution < -0.4 is 9.64 Å². The average Bonchev–Trinajstić information content (AvgIpc) is 3.16. The molecule has 1 amide bonds. The monoisotopic (exact) mass is 437 g/mol. The summed E-state index contributed by atoms with van der Waals surface area (Å²) in [5.74, 6) is 1.86. The van der Waals surface area contributed by atoms with Crippen molar-refractivity contribution >= 4 is 11.9 Å². The van der Waals surface area contributed by atoms with Crippen LogP contribution in [0.4, 0.5) is 5.95 Å². The first-order valence-corrected chi connectivity index (χ1v) is 10.4. The van der Waals surface area contributed by atoms with Crippen molar-refractivity contribution in [2.45, 2.75) is 20.0 Å². The smallest absolute Gasteiger partial charge is 0.291 e. The lowest BCUT2D eigenvalue weighted by atomic mass is 10.0. The number of benzene rings is 1. The van der Waals surface area contributed by atoms with E-state index in [-0.39, 0.29) is 11.7 Å². The minimum Gasteiger partial charge on any atom is -0.497 e. The summed E-state index contributed by atoms with van der Waals surface area (Å²) in [7, 11) is 5.40. The van der Waals surface area contributed by atoms with Gasteiger partial charge in [0.15, 0.2) is 5.89 Å². The summed E-state index contributed by atoms with van der Waals surface area (Å²) in [6.45, 7) is 4.71. The van der Waals surface area contributed by atoms with Gasteiger partial charge in [0.2, 0.25) is 11.7 Å². The number of rotatable bonds is 5. The minimum absolute atomic E-state index is 0.193. The summed E-state index contributed by atoms with van der Waals surface area (Å²) in [6, 6.07) is 7.72. The number of aromatic nitrogens is 3. The standard InChI is InChI=1S/C23H27N5O4/c1-14-21(32-15(2)25-14)22(29)28-9-10-31-19(13-28)20-18(12-24-23(26-20)27(3)4)16-7-6-8-17(11-16)30-5/h6-8,11-12,19H,9-10,13H2,1-5H3/t19-/m0/s1. The third-order valence-electron chi connectivity index (χ3n) is 5.34. The molecule has 32 heavy (non-hydrogen) atoms. The van der Waals surface area contributed by atoms with Crippen LogP contribution in [0.15, 0.2) is 34.9 Å². The summed E-state index contributed by atoms with van der Waals surface area (Å²) in [5, 5.41) is 0. The molecule has 1 saturated heterocycles. The maximum Gasteiger partial charge on any atom is 0.291 e. The van der Waals surface area contributed by atoms with Crippen LogP contribution in [0, 0.1) is 13.8 Å². The maximum atomic E-state index is 13.1. The van der Waals surface area contributed by atoms with Crippen molar-refractivity contribution in [3.8, 4) is 16.9 Å². The fraction of sp³-hybridized carbons (Fsp3) is 0.391. The van der Waals surface area contributed by atoms with Crippen molar-refractivity contribution in [1.82, 2.24) is 19.9 Å². The van der Waals surface area contributed by atoms with Gasteiger partial charge in [-0.15, -0.1) is 0 Å². The molecule has 1 fully saturated rings. The molecule has 0 spiro atoms. The number of carbonyl (C=O) groups excluding carboxylic acids is 1. The van der Waals surface area contributed by atoms with E-state index in [0.717, 1.165) is 22.6 Å². The Kier molecular flexibility index (Phi) is 6.09. The molecule has 4 rings (SSSR count). The van der Waals surface area contributed by atoms with E-state index >= 15 is 0 Å². The number of oxazole rings is 1. The van der Waals surface area contributed by atoms with Gasteiger partial charge in [0.05, 0.1) is 31.6 Å². The molecule has 9 nitrogen and oxygen atoms in total. The van der Waals surface area contributed by atoms with Crippen molar-refractivity contribution in [1.29, 1.82) is 0 Å². The second-order valence-electron chi connectivity index (χ2n) is 7.85. The average molecular weight is 438 g/mol. The quantitative estimate of drug-likeness (QED) is 0.601. The number of morpholine rings is 1. The van der Waals surface area contributed by atoms with Gasteiger partial charge in [-0.05, 0) is 24.6 Å². The third kappa shape index (κ3) is 4.29. The Labute approximate surface area is 187 Å². The van der Waals surface area contributed by atoms with Crippen molar-refractivity contribution < 1.29 is 18.7 Å². The Morgan fingerprint density at radius 2 is 2.06 bits per heavy atom. The van der Waals surface area contributed by atoms with Crippen molar-refractivity contribution in [2.24, 2.45) is 0 Å². The molecule has 3 aromatic rings. The molecular weight excluding hydrogens is 410 g/mol. The Balaban J connectivity index is 1.70. The van der Waals surface area contributed by atoms with E-state index in [1.165, 1.54) is 0 Å². The van der Waals surface area contributed by atoms with Crippen LogP contribution in [0.1, 0.15) is 33.9 Å². The lowest BCUT2D eigenvalue weighted by Crippen LogP contribution is -2.42. The normalized spacial score (nSPS) is 16.2. The predicted octanol–water partition coefficient (Wildman–Crippen LogP) is 3.04. The van der Waals surface area contributed by atoms with Crippen LogP contribution in [-0.4, -0.2) is 66.7 Å². The topological polar surface area (TPSA) is 93.8 Å². The van der Waals surface area contributed by atoms with E-state index in [1.807, 2.05) is 43.3 Å².